The van der Waals surface area contributed by atoms with Crippen LogP contribution in [0.15, 0.2) is 34.8 Å². The SMILES string of the molecule is Cc1cc(Br)c(O)c(-c2c(C(C)C)cccc2C(C)C)c1. The summed E-state index contributed by atoms with van der Waals surface area (Å²) in [4.78, 5) is 0. The molecule has 0 amide bonds. The first kappa shape index (κ1) is 16.1. The number of phenols is 1. The van der Waals surface area contributed by atoms with Crippen molar-refractivity contribution < 1.29 is 5.11 Å². The third-order valence-electron chi connectivity index (χ3n) is 3.85. The Labute approximate surface area is 136 Å². The van der Waals surface area contributed by atoms with Crippen LogP contribution in [0.4, 0.5) is 0 Å². The monoisotopic (exact) mass is 346 g/mol. The number of rotatable bonds is 3. The van der Waals surface area contributed by atoms with Crippen molar-refractivity contribution in [1.82, 2.24) is 0 Å². The summed E-state index contributed by atoms with van der Waals surface area (Å²) >= 11 is 3.47. The molecule has 0 fully saturated rings. The molecule has 0 atom stereocenters. The van der Waals surface area contributed by atoms with Gasteiger partial charge in [-0.15, -0.1) is 0 Å². The summed E-state index contributed by atoms with van der Waals surface area (Å²) in [5, 5.41) is 10.5. The van der Waals surface area contributed by atoms with Gasteiger partial charge in [0.1, 0.15) is 5.75 Å². The van der Waals surface area contributed by atoms with Crippen molar-refractivity contribution >= 4 is 15.9 Å². The van der Waals surface area contributed by atoms with Gasteiger partial charge in [0.2, 0.25) is 0 Å². The van der Waals surface area contributed by atoms with Crippen molar-refractivity contribution in [2.45, 2.75) is 46.5 Å². The molecule has 0 saturated carbocycles. The summed E-state index contributed by atoms with van der Waals surface area (Å²) in [7, 11) is 0. The molecule has 0 spiro atoms. The molecule has 0 saturated heterocycles. The fourth-order valence-corrected chi connectivity index (χ4v) is 3.36. The van der Waals surface area contributed by atoms with Gasteiger partial charge in [0.25, 0.3) is 0 Å². The summed E-state index contributed by atoms with van der Waals surface area (Å²) in [5.74, 6) is 1.16. The van der Waals surface area contributed by atoms with Crippen LogP contribution in [0.3, 0.4) is 0 Å². The van der Waals surface area contributed by atoms with Crippen molar-refractivity contribution in [1.29, 1.82) is 0 Å². The highest BCUT2D eigenvalue weighted by molar-refractivity contribution is 9.10. The second-order valence-corrected chi connectivity index (χ2v) is 7.12. The molecule has 0 bridgehead atoms. The predicted molar refractivity (Wildman–Crippen MR) is 94.2 cm³/mol. The number of aromatic hydroxyl groups is 1. The first-order valence-corrected chi connectivity index (χ1v) is 8.24. The molecule has 0 aromatic heterocycles. The van der Waals surface area contributed by atoms with E-state index in [-0.39, 0.29) is 0 Å². The summed E-state index contributed by atoms with van der Waals surface area (Å²) < 4.78 is 0.755. The summed E-state index contributed by atoms with van der Waals surface area (Å²) in [6.45, 7) is 10.9. The molecule has 1 N–H and O–H groups in total. The smallest absolute Gasteiger partial charge is 0.137 e. The molecule has 2 aromatic carbocycles. The number of hydrogen-bond acceptors (Lipinski definition) is 1. The number of hydrogen-bond donors (Lipinski definition) is 1. The molecule has 2 rings (SSSR count). The average molecular weight is 347 g/mol. The quantitative estimate of drug-likeness (QED) is 0.683. The predicted octanol–water partition coefficient (Wildman–Crippen LogP) is 6.38. The van der Waals surface area contributed by atoms with Gasteiger partial charge in [-0.1, -0.05) is 45.9 Å². The van der Waals surface area contributed by atoms with Crippen molar-refractivity contribution in [3.05, 3.63) is 51.5 Å². The third kappa shape index (κ3) is 3.16. The van der Waals surface area contributed by atoms with E-state index >= 15 is 0 Å². The van der Waals surface area contributed by atoms with Crippen LogP contribution in [0.5, 0.6) is 5.75 Å². The minimum atomic E-state index is 0.329. The molecule has 112 valence electrons. The number of benzene rings is 2. The zero-order chi connectivity index (χ0) is 15.7. The molecule has 0 aliphatic carbocycles. The molecule has 0 aliphatic heterocycles. The Morgan fingerprint density at radius 3 is 1.95 bits per heavy atom. The van der Waals surface area contributed by atoms with Gasteiger partial charge in [0, 0.05) is 5.56 Å². The molecule has 0 unspecified atom stereocenters. The van der Waals surface area contributed by atoms with Crippen molar-refractivity contribution in [3.8, 4) is 16.9 Å². The maximum atomic E-state index is 10.5. The molecular weight excluding hydrogens is 324 g/mol. The molecule has 0 heterocycles. The highest BCUT2D eigenvalue weighted by Crippen LogP contribution is 2.43. The highest BCUT2D eigenvalue weighted by Gasteiger charge is 2.19. The van der Waals surface area contributed by atoms with Gasteiger partial charge in [-0.25, -0.2) is 0 Å². The van der Waals surface area contributed by atoms with Crippen LogP contribution in [0, 0.1) is 6.92 Å². The van der Waals surface area contributed by atoms with E-state index in [2.05, 4.69) is 74.8 Å². The van der Waals surface area contributed by atoms with Crippen LogP contribution < -0.4 is 0 Å². The standard InChI is InChI=1S/C19H23BrO/c1-11(2)14-7-6-8-15(12(3)4)18(14)16-9-13(5)10-17(20)19(16)21/h6-12,21H,1-5H3. The maximum absolute atomic E-state index is 10.5. The fraction of sp³-hybridized carbons (Fsp3) is 0.368. The van der Waals surface area contributed by atoms with E-state index in [1.807, 2.05) is 6.07 Å². The molecule has 1 nitrogen and oxygen atoms in total. The lowest BCUT2D eigenvalue weighted by molar-refractivity contribution is 0.473. The Balaban J connectivity index is 2.84. The van der Waals surface area contributed by atoms with Gasteiger partial charge in [0.15, 0.2) is 0 Å². The van der Waals surface area contributed by atoms with Gasteiger partial charge in [-0.2, -0.15) is 0 Å². The minimum absolute atomic E-state index is 0.329. The molecular formula is C19H23BrO. The van der Waals surface area contributed by atoms with E-state index < -0.39 is 0 Å². The summed E-state index contributed by atoms with van der Waals surface area (Å²) in [6, 6.07) is 10.5. The first-order valence-electron chi connectivity index (χ1n) is 7.45. The molecule has 2 heteroatoms. The van der Waals surface area contributed by atoms with Crippen molar-refractivity contribution in [3.63, 3.8) is 0 Å². The van der Waals surface area contributed by atoms with Crippen LogP contribution >= 0.6 is 15.9 Å². The fourth-order valence-electron chi connectivity index (χ4n) is 2.79. The Kier molecular flexibility index (Phi) is 4.77. The summed E-state index contributed by atoms with van der Waals surface area (Å²) in [5.41, 5.74) is 5.82. The zero-order valence-corrected chi connectivity index (χ0v) is 15.0. The van der Waals surface area contributed by atoms with Gasteiger partial charge in [-0.3, -0.25) is 0 Å². The Morgan fingerprint density at radius 1 is 0.952 bits per heavy atom. The minimum Gasteiger partial charge on any atom is -0.506 e. The first-order chi connectivity index (χ1) is 9.82. The molecule has 21 heavy (non-hydrogen) atoms. The van der Waals surface area contributed by atoms with Crippen LogP contribution in [0.1, 0.15) is 56.2 Å². The summed E-state index contributed by atoms with van der Waals surface area (Å²) in [6.07, 6.45) is 0. The second-order valence-electron chi connectivity index (χ2n) is 6.26. The molecule has 0 radical (unpaired) electrons. The van der Waals surface area contributed by atoms with Crippen molar-refractivity contribution in [2.75, 3.05) is 0 Å². The number of phenolic OH excluding ortho intramolecular Hbond substituents is 1. The molecule has 2 aromatic rings. The van der Waals surface area contributed by atoms with E-state index in [1.54, 1.807) is 0 Å². The average Bonchev–Trinajstić information content (AvgIpc) is 2.41. The lowest BCUT2D eigenvalue weighted by Crippen LogP contribution is -2.00. The number of halogens is 1. The Bertz CT molecular complexity index is 631. The second kappa shape index (κ2) is 6.23. The van der Waals surface area contributed by atoms with E-state index in [1.165, 1.54) is 16.7 Å². The number of aryl methyl sites for hydroxylation is 1. The Hall–Kier alpha value is -1.28. The third-order valence-corrected chi connectivity index (χ3v) is 4.45. The van der Waals surface area contributed by atoms with Gasteiger partial charge >= 0.3 is 0 Å². The van der Waals surface area contributed by atoms with E-state index in [9.17, 15) is 5.11 Å². The Morgan fingerprint density at radius 2 is 1.48 bits per heavy atom. The van der Waals surface area contributed by atoms with Crippen LogP contribution in [0.25, 0.3) is 11.1 Å². The molecule has 0 aliphatic rings. The van der Waals surface area contributed by atoms with E-state index in [0.29, 0.717) is 17.6 Å². The van der Waals surface area contributed by atoms with Crippen molar-refractivity contribution in [2.24, 2.45) is 0 Å². The maximum Gasteiger partial charge on any atom is 0.137 e. The van der Waals surface area contributed by atoms with Crippen LogP contribution in [0.2, 0.25) is 0 Å². The van der Waals surface area contributed by atoms with E-state index in [4.69, 9.17) is 0 Å². The lowest BCUT2D eigenvalue weighted by atomic mass is 9.84. The van der Waals surface area contributed by atoms with E-state index in [0.717, 1.165) is 15.6 Å². The zero-order valence-electron chi connectivity index (χ0n) is 13.4. The largest absolute Gasteiger partial charge is 0.506 e. The highest BCUT2D eigenvalue weighted by atomic mass is 79.9. The topological polar surface area (TPSA) is 20.2 Å². The van der Waals surface area contributed by atoms with Crippen LogP contribution in [-0.2, 0) is 0 Å². The van der Waals surface area contributed by atoms with Crippen LogP contribution in [-0.4, -0.2) is 5.11 Å². The van der Waals surface area contributed by atoms with Gasteiger partial charge in [-0.05, 0) is 69.1 Å². The van der Waals surface area contributed by atoms with Gasteiger partial charge < -0.3 is 5.11 Å². The van der Waals surface area contributed by atoms with Gasteiger partial charge in [0.05, 0.1) is 4.47 Å². The lowest BCUT2D eigenvalue weighted by Gasteiger charge is -2.21. The normalized spacial score (nSPS) is 11.4.